The molecule has 0 radical (unpaired) electrons. The van der Waals surface area contributed by atoms with Crippen LogP contribution in [0.4, 0.5) is 4.39 Å². The molecule has 0 unspecified atom stereocenters. The van der Waals surface area contributed by atoms with Crippen LogP contribution in [0, 0.1) is 11.2 Å². The minimum absolute atomic E-state index is 0.0259. The number of halogens is 1. The summed E-state index contributed by atoms with van der Waals surface area (Å²) in [6.45, 7) is 2.22. The Bertz CT molecular complexity index is 793. The van der Waals surface area contributed by atoms with Crippen LogP contribution in [0.2, 0.25) is 0 Å². The fraction of sp³-hybridized carbons (Fsp3) is 0.125. The van der Waals surface area contributed by atoms with Crippen LogP contribution in [-0.4, -0.2) is 22.4 Å². The molecule has 0 saturated heterocycles. The standard InChI is InChI=1S/C16H14FN3O/c1-2-21-16(18)20-14-6-4-3-5-13(14)15(19-20)11-7-9-12(17)10-8-11/h3-10,18H,2H2,1H3. The lowest BCUT2D eigenvalue weighted by atomic mass is 10.1. The van der Waals surface area contributed by atoms with Gasteiger partial charge in [0.05, 0.1) is 12.1 Å². The van der Waals surface area contributed by atoms with Crippen LogP contribution in [0.1, 0.15) is 6.92 Å². The molecule has 0 aliphatic rings. The van der Waals surface area contributed by atoms with E-state index < -0.39 is 0 Å². The van der Waals surface area contributed by atoms with E-state index in [1.807, 2.05) is 31.2 Å². The van der Waals surface area contributed by atoms with Crippen LogP contribution >= 0.6 is 0 Å². The van der Waals surface area contributed by atoms with Crippen LogP contribution in [-0.2, 0) is 4.74 Å². The Labute approximate surface area is 121 Å². The number of hydrogen-bond donors (Lipinski definition) is 1. The summed E-state index contributed by atoms with van der Waals surface area (Å²) in [7, 11) is 0. The smallest absolute Gasteiger partial charge is 0.310 e. The van der Waals surface area contributed by atoms with Crippen LogP contribution < -0.4 is 0 Å². The van der Waals surface area contributed by atoms with Crippen molar-refractivity contribution in [1.82, 2.24) is 9.78 Å². The molecular formula is C16H14FN3O. The molecule has 1 heterocycles. The molecular weight excluding hydrogens is 269 g/mol. The third kappa shape index (κ3) is 2.38. The Morgan fingerprint density at radius 2 is 1.90 bits per heavy atom. The molecule has 1 aromatic heterocycles. The quantitative estimate of drug-likeness (QED) is 0.576. The van der Waals surface area contributed by atoms with Crippen LogP contribution in [0.5, 0.6) is 0 Å². The molecule has 0 aliphatic carbocycles. The summed E-state index contributed by atoms with van der Waals surface area (Å²) in [4.78, 5) is 0. The topological polar surface area (TPSA) is 50.9 Å². The van der Waals surface area contributed by atoms with Gasteiger partial charge in [-0.25, -0.2) is 9.80 Å². The SMILES string of the molecule is CCOC(=N)n1nc(-c2ccc(F)cc2)c2ccccc21. The zero-order chi connectivity index (χ0) is 14.8. The highest BCUT2D eigenvalue weighted by Crippen LogP contribution is 2.28. The third-order valence-electron chi connectivity index (χ3n) is 3.18. The van der Waals surface area contributed by atoms with Gasteiger partial charge in [0.15, 0.2) is 0 Å². The van der Waals surface area contributed by atoms with Crippen LogP contribution in [0.25, 0.3) is 22.2 Å². The zero-order valence-corrected chi connectivity index (χ0v) is 11.5. The van der Waals surface area contributed by atoms with E-state index in [0.717, 1.165) is 16.5 Å². The van der Waals surface area contributed by atoms with Gasteiger partial charge in [0.1, 0.15) is 11.5 Å². The molecule has 3 aromatic rings. The number of rotatable bonds is 2. The number of nitrogens with one attached hydrogen (secondary N) is 1. The first kappa shape index (κ1) is 13.3. The van der Waals surface area contributed by atoms with Crippen molar-refractivity contribution in [2.45, 2.75) is 6.92 Å². The summed E-state index contributed by atoms with van der Waals surface area (Å²) in [5.74, 6) is -0.287. The highest BCUT2D eigenvalue weighted by atomic mass is 19.1. The monoisotopic (exact) mass is 283 g/mol. The number of aromatic nitrogens is 2. The maximum atomic E-state index is 13.1. The van der Waals surface area contributed by atoms with E-state index in [0.29, 0.717) is 12.3 Å². The average Bonchev–Trinajstić information content (AvgIpc) is 2.88. The fourth-order valence-corrected chi connectivity index (χ4v) is 2.24. The number of ether oxygens (including phenoxy) is 1. The Kier molecular flexibility index (Phi) is 3.39. The molecule has 1 N–H and O–H groups in total. The van der Waals surface area contributed by atoms with Gasteiger partial charge in [0.2, 0.25) is 0 Å². The van der Waals surface area contributed by atoms with Crippen molar-refractivity contribution >= 4 is 16.9 Å². The molecule has 5 heteroatoms. The van der Waals surface area contributed by atoms with Crippen molar-refractivity contribution < 1.29 is 9.13 Å². The van der Waals surface area contributed by atoms with Gasteiger partial charge in [-0.3, -0.25) is 0 Å². The summed E-state index contributed by atoms with van der Waals surface area (Å²) in [6, 6.07) is 13.7. The van der Waals surface area contributed by atoms with E-state index in [1.165, 1.54) is 16.8 Å². The van der Waals surface area contributed by atoms with Crippen LogP contribution in [0.3, 0.4) is 0 Å². The molecule has 0 saturated carbocycles. The molecule has 0 bridgehead atoms. The second-order valence-corrected chi connectivity index (χ2v) is 4.52. The Morgan fingerprint density at radius 1 is 1.19 bits per heavy atom. The lowest BCUT2D eigenvalue weighted by molar-refractivity contribution is 0.306. The minimum Gasteiger partial charge on any atom is -0.464 e. The van der Waals surface area contributed by atoms with Crippen molar-refractivity contribution in [2.75, 3.05) is 6.61 Å². The van der Waals surface area contributed by atoms with Gasteiger partial charge < -0.3 is 4.74 Å². The third-order valence-corrected chi connectivity index (χ3v) is 3.18. The number of nitrogens with zero attached hydrogens (tertiary/aromatic N) is 2. The molecule has 2 aromatic carbocycles. The Balaban J connectivity index is 2.19. The predicted octanol–water partition coefficient (Wildman–Crippen LogP) is 3.66. The second-order valence-electron chi connectivity index (χ2n) is 4.52. The minimum atomic E-state index is -0.287. The van der Waals surface area contributed by atoms with Gasteiger partial charge in [-0.1, -0.05) is 18.2 Å². The first-order valence-electron chi connectivity index (χ1n) is 6.66. The number of benzene rings is 2. The van der Waals surface area contributed by atoms with E-state index >= 15 is 0 Å². The molecule has 0 aliphatic heterocycles. The highest BCUT2D eigenvalue weighted by molar-refractivity contribution is 5.97. The summed E-state index contributed by atoms with van der Waals surface area (Å²) in [5.41, 5.74) is 2.29. The summed E-state index contributed by atoms with van der Waals surface area (Å²) < 4.78 is 19.8. The highest BCUT2D eigenvalue weighted by Gasteiger charge is 2.15. The van der Waals surface area contributed by atoms with Crippen molar-refractivity contribution in [3.05, 3.63) is 54.3 Å². The average molecular weight is 283 g/mol. The lowest BCUT2D eigenvalue weighted by Crippen LogP contribution is -2.15. The maximum absolute atomic E-state index is 13.1. The zero-order valence-electron chi connectivity index (χ0n) is 11.5. The van der Waals surface area contributed by atoms with Crippen molar-refractivity contribution in [1.29, 1.82) is 5.41 Å². The summed E-state index contributed by atoms with van der Waals surface area (Å²) in [5, 5.41) is 13.3. The summed E-state index contributed by atoms with van der Waals surface area (Å²) in [6.07, 6.45) is 0. The van der Waals surface area contributed by atoms with Crippen LogP contribution in [0.15, 0.2) is 48.5 Å². The molecule has 0 fully saturated rings. The Hall–Kier alpha value is -2.69. The predicted molar refractivity (Wildman–Crippen MR) is 79.9 cm³/mol. The summed E-state index contributed by atoms with van der Waals surface area (Å²) >= 11 is 0. The fourth-order valence-electron chi connectivity index (χ4n) is 2.24. The second kappa shape index (κ2) is 5.36. The lowest BCUT2D eigenvalue weighted by Gasteiger charge is -2.04. The molecule has 0 atom stereocenters. The van der Waals surface area contributed by atoms with Gasteiger partial charge >= 0.3 is 6.02 Å². The molecule has 3 rings (SSSR count). The van der Waals surface area contributed by atoms with Gasteiger partial charge in [-0.2, -0.15) is 9.78 Å². The molecule has 4 nitrogen and oxygen atoms in total. The normalized spacial score (nSPS) is 10.8. The Morgan fingerprint density at radius 3 is 2.62 bits per heavy atom. The van der Waals surface area contributed by atoms with E-state index in [9.17, 15) is 4.39 Å². The van der Waals surface area contributed by atoms with Gasteiger partial charge in [-0.15, -0.1) is 0 Å². The molecule has 106 valence electrons. The van der Waals surface area contributed by atoms with Gasteiger partial charge in [0.25, 0.3) is 0 Å². The molecule has 21 heavy (non-hydrogen) atoms. The van der Waals surface area contributed by atoms with E-state index in [4.69, 9.17) is 10.1 Å². The molecule has 0 spiro atoms. The van der Waals surface area contributed by atoms with Gasteiger partial charge in [-0.05, 0) is 37.3 Å². The van der Waals surface area contributed by atoms with E-state index in [-0.39, 0.29) is 11.8 Å². The van der Waals surface area contributed by atoms with E-state index in [1.54, 1.807) is 12.1 Å². The number of hydrogen-bond acceptors (Lipinski definition) is 3. The largest absolute Gasteiger partial charge is 0.464 e. The number of fused-ring (bicyclic) bond motifs is 1. The van der Waals surface area contributed by atoms with Gasteiger partial charge in [0, 0.05) is 10.9 Å². The first-order valence-corrected chi connectivity index (χ1v) is 6.66. The van der Waals surface area contributed by atoms with Crippen molar-refractivity contribution in [3.8, 4) is 11.3 Å². The first-order chi connectivity index (χ1) is 10.2. The van der Waals surface area contributed by atoms with Crippen molar-refractivity contribution in [3.63, 3.8) is 0 Å². The maximum Gasteiger partial charge on any atom is 0.310 e. The van der Waals surface area contributed by atoms with E-state index in [2.05, 4.69) is 5.10 Å². The van der Waals surface area contributed by atoms with Crippen molar-refractivity contribution in [2.24, 2.45) is 0 Å². The molecule has 0 amide bonds. The number of para-hydroxylation sites is 1.